The highest BCUT2D eigenvalue weighted by molar-refractivity contribution is 7.92. The van der Waals surface area contributed by atoms with E-state index >= 15 is 0 Å². The molecule has 0 aliphatic rings. The van der Waals surface area contributed by atoms with Gasteiger partial charge in [-0.2, -0.15) is 0 Å². The quantitative estimate of drug-likeness (QED) is 0.298. The van der Waals surface area contributed by atoms with Crippen LogP contribution in [-0.4, -0.2) is 25.1 Å². The first-order valence-electron chi connectivity index (χ1n) is 11.8. The fourth-order valence-electron chi connectivity index (χ4n) is 4.68. The van der Waals surface area contributed by atoms with Crippen molar-refractivity contribution in [2.45, 2.75) is 20.0 Å². The van der Waals surface area contributed by atoms with Gasteiger partial charge < -0.3 is 9.88 Å². The molecule has 182 valence electrons. The molecule has 4 aromatic carbocycles. The van der Waals surface area contributed by atoms with Crippen molar-refractivity contribution in [3.05, 3.63) is 108 Å². The second kappa shape index (κ2) is 9.51. The van der Waals surface area contributed by atoms with Crippen molar-refractivity contribution < 1.29 is 13.2 Å². The molecule has 6 nitrogen and oxygen atoms in total. The van der Waals surface area contributed by atoms with Crippen LogP contribution >= 0.6 is 0 Å². The fraction of sp³-hybridized carbons (Fsp3) is 0.138. The van der Waals surface area contributed by atoms with Gasteiger partial charge in [0.05, 0.1) is 24.1 Å². The van der Waals surface area contributed by atoms with Crippen LogP contribution in [0.15, 0.2) is 97.1 Å². The molecule has 0 saturated carbocycles. The molecule has 7 heteroatoms. The Labute approximate surface area is 210 Å². The molecule has 5 aromatic rings. The number of sulfonamides is 1. The number of amides is 1. The number of anilines is 2. The van der Waals surface area contributed by atoms with Crippen LogP contribution in [0.25, 0.3) is 21.8 Å². The topological polar surface area (TPSA) is 71.4 Å². The lowest BCUT2D eigenvalue weighted by Crippen LogP contribution is -2.31. The molecule has 0 aliphatic carbocycles. The molecular weight excluding hydrogens is 470 g/mol. The van der Waals surface area contributed by atoms with Crippen molar-refractivity contribution in [2.75, 3.05) is 15.9 Å². The van der Waals surface area contributed by atoms with E-state index in [4.69, 9.17) is 0 Å². The third kappa shape index (κ3) is 4.45. The summed E-state index contributed by atoms with van der Waals surface area (Å²) in [6.07, 6.45) is 1.15. The van der Waals surface area contributed by atoms with E-state index in [-0.39, 0.29) is 18.0 Å². The van der Waals surface area contributed by atoms with Crippen LogP contribution < -0.4 is 9.62 Å². The molecule has 0 spiro atoms. The van der Waals surface area contributed by atoms with Gasteiger partial charge in [-0.3, -0.25) is 9.10 Å². The highest BCUT2D eigenvalue weighted by Crippen LogP contribution is 2.32. The number of aromatic nitrogens is 1. The van der Waals surface area contributed by atoms with Crippen molar-refractivity contribution >= 4 is 49.1 Å². The van der Waals surface area contributed by atoms with Gasteiger partial charge in [-0.1, -0.05) is 60.7 Å². The van der Waals surface area contributed by atoms with Crippen LogP contribution in [0.3, 0.4) is 0 Å². The Morgan fingerprint density at radius 3 is 2.25 bits per heavy atom. The number of nitrogens with one attached hydrogen (secondary N) is 1. The van der Waals surface area contributed by atoms with E-state index in [2.05, 4.69) is 28.9 Å². The molecule has 0 aliphatic heterocycles. The molecular formula is C29H27N3O3S. The smallest absolute Gasteiger partial charge is 0.257 e. The van der Waals surface area contributed by atoms with Crippen LogP contribution in [0.5, 0.6) is 0 Å². The molecule has 1 amide bonds. The second-order valence-electron chi connectivity index (χ2n) is 8.72. The standard InChI is InChI=1S/C29H27N3O3S/c1-3-31-26-15-9-7-13-23(26)25-19-22(17-18-27(25)31)30-29(33)24-14-8-10-16-28(24)32(36(2,34)35)20-21-11-5-4-6-12-21/h4-19H,3,20H2,1-2H3,(H,30,33). The number of fused-ring (bicyclic) bond motifs is 3. The molecule has 0 fully saturated rings. The van der Waals surface area contributed by atoms with Gasteiger partial charge in [-0.05, 0) is 48.9 Å². The lowest BCUT2D eigenvalue weighted by Gasteiger charge is -2.24. The van der Waals surface area contributed by atoms with Crippen molar-refractivity contribution in [1.29, 1.82) is 0 Å². The summed E-state index contributed by atoms with van der Waals surface area (Å²) in [5.74, 6) is -0.370. The van der Waals surface area contributed by atoms with Gasteiger partial charge in [-0.25, -0.2) is 8.42 Å². The largest absolute Gasteiger partial charge is 0.341 e. The van der Waals surface area contributed by atoms with Gasteiger partial charge in [0, 0.05) is 34.0 Å². The Bertz CT molecular complexity index is 1670. The Morgan fingerprint density at radius 1 is 0.833 bits per heavy atom. The highest BCUT2D eigenvalue weighted by Gasteiger charge is 2.23. The van der Waals surface area contributed by atoms with Crippen LogP contribution in [0, 0.1) is 0 Å². The Balaban J connectivity index is 1.51. The van der Waals surface area contributed by atoms with Gasteiger partial charge >= 0.3 is 0 Å². The number of aryl methyl sites for hydroxylation is 1. The van der Waals surface area contributed by atoms with E-state index in [0.717, 1.165) is 40.2 Å². The molecule has 0 radical (unpaired) electrons. The van der Waals surface area contributed by atoms with Crippen LogP contribution in [0.1, 0.15) is 22.8 Å². The van der Waals surface area contributed by atoms with E-state index in [1.807, 2.05) is 60.7 Å². The number of benzene rings is 4. The zero-order valence-electron chi connectivity index (χ0n) is 20.2. The SMILES string of the molecule is CCn1c2ccccc2c2cc(NC(=O)c3ccccc3N(Cc3ccccc3)S(C)(=O)=O)ccc21. The summed E-state index contributed by atoms with van der Waals surface area (Å²) < 4.78 is 29.0. The predicted octanol–water partition coefficient (Wildman–Crippen LogP) is 6.03. The lowest BCUT2D eigenvalue weighted by atomic mass is 10.1. The Hall–Kier alpha value is -4.10. The summed E-state index contributed by atoms with van der Waals surface area (Å²) in [6.45, 7) is 3.08. The first kappa shape index (κ1) is 23.6. The van der Waals surface area contributed by atoms with Crippen molar-refractivity contribution in [2.24, 2.45) is 0 Å². The molecule has 5 rings (SSSR count). The van der Waals surface area contributed by atoms with Crippen LogP contribution in [0.2, 0.25) is 0 Å². The van der Waals surface area contributed by atoms with Gasteiger partial charge in [0.1, 0.15) is 0 Å². The van der Waals surface area contributed by atoms with Gasteiger partial charge in [0.25, 0.3) is 5.91 Å². The van der Waals surface area contributed by atoms with Gasteiger partial charge in [-0.15, -0.1) is 0 Å². The molecule has 1 aromatic heterocycles. The minimum atomic E-state index is -3.65. The zero-order chi connectivity index (χ0) is 25.3. The normalized spacial score (nSPS) is 11.6. The van der Waals surface area contributed by atoms with E-state index < -0.39 is 10.0 Å². The zero-order valence-corrected chi connectivity index (χ0v) is 21.0. The Morgan fingerprint density at radius 2 is 1.50 bits per heavy atom. The molecule has 0 bridgehead atoms. The number of hydrogen-bond donors (Lipinski definition) is 1. The second-order valence-corrected chi connectivity index (χ2v) is 10.6. The van der Waals surface area contributed by atoms with E-state index in [9.17, 15) is 13.2 Å². The lowest BCUT2D eigenvalue weighted by molar-refractivity contribution is 0.102. The first-order valence-corrected chi connectivity index (χ1v) is 13.6. The van der Waals surface area contributed by atoms with Gasteiger partial charge in [0.2, 0.25) is 10.0 Å². The number of rotatable bonds is 7. The molecule has 0 saturated heterocycles. The fourth-order valence-corrected chi connectivity index (χ4v) is 5.58. The summed E-state index contributed by atoms with van der Waals surface area (Å²) in [5, 5.41) is 5.16. The Kier molecular flexibility index (Phi) is 6.24. The summed E-state index contributed by atoms with van der Waals surface area (Å²) in [6, 6.07) is 30.2. The third-order valence-electron chi connectivity index (χ3n) is 6.33. The third-order valence-corrected chi connectivity index (χ3v) is 7.46. The maximum Gasteiger partial charge on any atom is 0.257 e. The van der Waals surface area contributed by atoms with Crippen molar-refractivity contribution in [1.82, 2.24) is 4.57 Å². The maximum atomic E-state index is 13.4. The van der Waals surface area contributed by atoms with Crippen LogP contribution in [-0.2, 0) is 23.1 Å². The number of carbonyl (C=O) groups is 1. The average Bonchev–Trinajstić information content (AvgIpc) is 3.20. The molecule has 0 unspecified atom stereocenters. The number of para-hydroxylation sites is 2. The van der Waals surface area contributed by atoms with E-state index in [0.29, 0.717) is 11.4 Å². The minimum Gasteiger partial charge on any atom is -0.341 e. The van der Waals surface area contributed by atoms with E-state index in [1.54, 1.807) is 24.3 Å². The molecule has 1 N–H and O–H groups in total. The number of carbonyl (C=O) groups excluding carboxylic acids is 1. The number of hydrogen-bond acceptors (Lipinski definition) is 3. The van der Waals surface area contributed by atoms with Gasteiger partial charge in [0.15, 0.2) is 0 Å². The summed E-state index contributed by atoms with van der Waals surface area (Å²) in [4.78, 5) is 13.4. The number of nitrogens with zero attached hydrogens (tertiary/aromatic N) is 2. The average molecular weight is 498 g/mol. The summed E-state index contributed by atoms with van der Waals surface area (Å²) in [7, 11) is -3.65. The summed E-state index contributed by atoms with van der Waals surface area (Å²) in [5.41, 5.74) is 4.35. The summed E-state index contributed by atoms with van der Waals surface area (Å²) >= 11 is 0. The van der Waals surface area contributed by atoms with Crippen molar-refractivity contribution in [3.63, 3.8) is 0 Å². The molecule has 0 atom stereocenters. The van der Waals surface area contributed by atoms with E-state index in [1.165, 1.54) is 4.31 Å². The molecule has 36 heavy (non-hydrogen) atoms. The first-order chi connectivity index (χ1) is 17.4. The highest BCUT2D eigenvalue weighted by atomic mass is 32.2. The maximum absolute atomic E-state index is 13.4. The van der Waals surface area contributed by atoms with Crippen LogP contribution in [0.4, 0.5) is 11.4 Å². The molecule has 1 heterocycles. The monoisotopic (exact) mass is 497 g/mol. The predicted molar refractivity (Wildman–Crippen MR) is 147 cm³/mol. The van der Waals surface area contributed by atoms with Crippen molar-refractivity contribution in [3.8, 4) is 0 Å². The minimum absolute atomic E-state index is 0.131.